The van der Waals surface area contributed by atoms with Crippen LogP contribution >= 0.6 is 0 Å². The molecule has 7 rings (SSSR count). The van der Waals surface area contributed by atoms with Gasteiger partial charge in [-0.3, -0.25) is 14.5 Å². The summed E-state index contributed by atoms with van der Waals surface area (Å²) in [4.78, 5) is 32.9. The predicted octanol–water partition coefficient (Wildman–Crippen LogP) is 6.61. The van der Waals surface area contributed by atoms with E-state index in [1.54, 1.807) is 18.2 Å². The van der Waals surface area contributed by atoms with Crippen LogP contribution < -0.4 is 14.8 Å². The Morgan fingerprint density at radius 3 is 2.36 bits per heavy atom. The van der Waals surface area contributed by atoms with E-state index in [0.717, 1.165) is 36.3 Å². The molecular formula is C43H43N5O5. The molecule has 10 heteroatoms. The first-order chi connectivity index (χ1) is 25.8. The zero-order valence-corrected chi connectivity index (χ0v) is 30.3. The molecule has 5 aromatic rings. The van der Waals surface area contributed by atoms with Crippen LogP contribution in [0.2, 0.25) is 0 Å². The lowest BCUT2D eigenvalue weighted by Crippen LogP contribution is -2.52. The fourth-order valence-electron chi connectivity index (χ4n) is 7.21. The summed E-state index contributed by atoms with van der Waals surface area (Å²) in [5, 5.41) is 13.1. The molecule has 2 aliphatic heterocycles. The third-order valence-corrected chi connectivity index (χ3v) is 10.3. The molecule has 2 amide bonds. The van der Waals surface area contributed by atoms with E-state index in [9.17, 15) is 14.9 Å². The van der Waals surface area contributed by atoms with Crippen LogP contribution in [-0.4, -0.2) is 72.2 Å². The Balaban J connectivity index is 1.18. The number of carbonyl (C=O) groups is 2. The van der Waals surface area contributed by atoms with Gasteiger partial charge in [-0.2, -0.15) is 5.26 Å². The summed E-state index contributed by atoms with van der Waals surface area (Å²) >= 11 is 0. The lowest BCUT2D eigenvalue weighted by Gasteiger charge is -2.40. The van der Waals surface area contributed by atoms with E-state index in [0.29, 0.717) is 72.5 Å². The fraction of sp³-hybridized carbons (Fsp3) is 0.279. The van der Waals surface area contributed by atoms with Gasteiger partial charge < -0.3 is 29.0 Å². The highest BCUT2D eigenvalue weighted by Crippen LogP contribution is 2.36. The third kappa shape index (κ3) is 7.68. The fourth-order valence-corrected chi connectivity index (χ4v) is 7.21. The Morgan fingerprint density at radius 1 is 0.925 bits per heavy atom. The molecule has 53 heavy (non-hydrogen) atoms. The number of benzene rings is 4. The number of ether oxygens (including phenoxy) is 3. The minimum atomic E-state index is -0.283. The van der Waals surface area contributed by atoms with Crippen LogP contribution in [0.25, 0.3) is 11.3 Å². The number of nitrogens with zero attached hydrogens (tertiary/aromatic N) is 4. The van der Waals surface area contributed by atoms with Gasteiger partial charge in [-0.05, 0) is 72.5 Å². The smallest absolute Gasteiger partial charge is 0.257 e. The average Bonchev–Trinajstić information content (AvgIpc) is 3.50. The largest absolute Gasteiger partial charge is 0.495 e. The van der Waals surface area contributed by atoms with Gasteiger partial charge in [0.05, 0.1) is 37.0 Å². The van der Waals surface area contributed by atoms with Crippen LogP contribution in [-0.2, 0) is 31.4 Å². The van der Waals surface area contributed by atoms with E-state index in [4.69, 9.17) is 14.2 Å². The van der Waals surface area contributed by atoms with Crippen molar-refractivity contribution in [2.24, 2.45) is 7.05 Å². The number of anilines is 1. The molecule has 4 aromatic carbocycles. The molecule has 0 saturated carbocycles. The normalized spacial score (nSPS) is 15.7. The SMILES string of the molecule is COc1cc(-c2cc(C(=O)Nc3ccc(OCc4ccccc4)cc3)c(C)n2C)c(C(=O)N2Cc3ccccc3C[C@H]2CN2CCOCC2)cc1C#N. The van der Waals surface area contributed by atoms with Gasteiger partial charge in [0.25, 0.3) is 11.8 Å². The van der Waals surface area contributed by atoms with Crippen LogP contribution in [0.3, 0.4) is 0 Å². The van der Waals surface area contributed by atoms with Crippen molar-refractivity contribution >= 4 is 17.5 Å². The lowest BCUT2D eigenvalue weighted by atomic mass is 9.91. The highest BCUT2D eigenvalue weighted by atomic mass is 16.5. The van der Waals surface area contributed by atoms with Crippen molar-refractivity contribution in [3.8, 4) is 28.8 Å². The second-order valence-corrected chi connectivity index (χ2v) is 13.5. The highest BCUT2D eigenvalue weighted by molar-refractivity contribution is 6.07. The second kappa shape index (κ2) is 15.8. The number of amides is 2. The Labute approximate surface area is 310 Å². The summed E-state index contributed by atoms with van der Waals surface area (Å²) in [6.45, 7) is 6.45. The molecular weight excluding hydrogens is 667 g/mol. The summed E-state index contributed by atoms with van der Waals surface area (Å²) in [6, 6.07) is 32.8. The van der Waals surface area contributed by atoms with E-state index in [2.05, 4.69) is 28.4 Å². The number of hydrogen-bond acceptors (Lipinski definition) is 7. The van der Waals surface area contributed by atoms with Crippen LogP contribution in [0.1, 0.15) is 48.7 Å². The van der Waals surface area contributed by atoms with Crippen molar-refractivity contribution in [2.45, 2.75) is 32.5 Å². The van der Waals surface area contributed by atoms with Gasteiger partial charge in [-0.1, -0.05) is 54.6 Å². The molecule has 10 nitrogen and oxygen atoms in total. The number of nitriles is 1. The first-order valence-corrected chi connectivity index (χ1v) is 17.9. The van der Waals surface area contributed by atoms with Crippen molar-refractivity contribution in [3.05, 3.63) is 136 Å². The van der Waals surface area contributed by atoms with Gasteiger partial charge in [0.15, 0.2) is 0 Å². The van der Waals surface area contributed by atoms with Gasteiger partial charge in [-0.15, -0.1) is 0 Å². The Bertz CT molecular complexity index is 2150. The average molecular weight is 710 g/mol. The summed E-state index contributed by atoms with van der Waals surface area (Å²) in [5.74, 6) is 0.592. The monoisotopic (exact) mass is 709 g/mol. The molecule has 1 aromatic heterocycles. The summed E-state index contributed by atoms with van der Waals surface area (Å²) in [7, 11) is 3.38. The molecule has 0 spiro atoms. The lowest BCUT2D eigenvalue weighted by molar-refractivity contribution is 0.0193. The van der Waals surface area contributed by atoms with Crippen LogP contribution in [0.5, 0.6) is 11.5 Å². The minimum absolute atomic E-state index is 0.0809. The number of nitrogens with one attached hydrogen (secondary N) is 1. The maximum atomic E-state index is 14.9. The van der Waals surface area contributed by atoms with E-state index in [1.165, 1.54) is 12.7 Å². The summed E-state index contributed by atoms with van der Waals surface area (Å²) in [5.41, 5.74) is 7.12. The zero-order valence-electron chi connectivity index (χ0n) is 30.3. The molecule has 0 aliphatic carbocycles. The summed E-state index contributed by atoms with van der Waals surface area (Å²) < 4.78 is 19.1. The number of morpholine rings is 1. The topological polar surface area (TPSA) is 109 Å². The van der Waals surface area contributed by atoms with Crippen molar-refractivity contribution in [3.63, 3.8) is 0 Å². The van der Waals surface area contributed by atoms with Crippen molar-refractivity contribution < 1.29 is 23.8 Å². The standard InChI is InChI=1S/C43H43N5O5/c1-29-37(42(49)45-34-13-15-36(16-14-34)53-28-30-9-5-4-6-10-30)23-40(46(29)2)38-24-41(51-3)33(25-44)22-39(38)43(50)48-26-32-12-8-7-11-31(32)21-35(48)27-47-17-19-52-20-18-47/h4-16,22-24,35H,17-21,26-28H2,1-3H3,(H,45,49)/t35-/m0/s1. The van der Waals surface area contributed by atoms with Gasteiger partial charge in [0.1, 0.15) is 24.2 Å². The van der Waals surface area contributed by atoms with Crippen molar-refractivity contribution in [1.29, 1.82) is 5.26 Å². The van der Waals surface area contributed by atoms with E-state index < -0.39 is 0 Å². The quantitative estimate of drug-likeness (QED) is 0.174. The van der Waals surface area contributed by atoms with Gasteiger partial charge in [-0.25, -0.2) is 0 Å². The Kier molecular flexibility index (Phi) is 10.6. The number of rotatable bonds is 10. The van der Waals surface area contributed by atoms with E-state index >= 15 is 0 Å². The van der Waals surface area contributed by atoms with E-state index in [1.807, 2.05) is 90.2 Å². The molecule has 1 atom stereocenters. The number of hydrogen-bond donors (Lipinski definition) is 1. The van der Waals surface area contributed by atoms with E-state index in [-0.39, 0.29) is 23.4 Å². The first kappa shape index (κ1) is 35.5. The Hall–Kier alpha value is -5.89. The van der Waals surface area contributed by atoms with Crippen LogP contribution in [0, 0.1) is 18.3 Å². The maximum Gasteiger partial charge on any atom is 0.257 e. The van der Waals surface area contributed by atoms with Crippen molar-refractivity contribution in [1.82, 2.24) is 14.4 Å². The molecule has 1 fully saturated rings. The van der Waals surface area contributed by atoms with Crippen molar-refractivity contribution in [2.75, 3.05) is 45.3 Å². The van der Waals surface area contributed by atoms with Gasteiger partial charge >= 0.3 is 0 Å². The molecule has 1 N–H and O–H groups in total. The molecule has 0 unspecified atom stereocenters. The number of carbonyl (C=O) groups excluding carboxylic acids is 2. The zero-order chi connectivity index (χ0) is 36.9. The summed E-state index contributed by atoms with van der Waals surface area (Å²) in [6.07, 6.45) is 0.726. The second-order valence-electron chi connectivity index (χ2n) is 13.5. The molecule has 3 heterocycles. The predicted molar refractivity (Wildman–Crippen MR) is 203 cm³/mol. The molecule has 2 aliphatic rings. The molecule has 1 saturated heterocycles. The minimum Gasteiger partial charge on any atom is -0.495 e. The van der Waals surface area contributed by atoms with Gasteiger partial charge in [0.2, 0.25) is 0 Å². The maximum absolute atomic E-state index is 14.9. The number of aromatic nitrogens is 1. The molecule has 270 valence electrons. The number of methoxy groups -OCH3 is 1. The third-order valence-electron chi connectivity index (χ3n) is 10.3. The van der Waals surface area contributed by atoms with Gasteiger partial charge in [0, 0.05) is 61.9 Å². The van der Waals surface area contributed by atoms with Crippen LogP contribution in [0.4, 0.5) is 5.69 Å². The molecule has 0 bridgehead atoms. The van der Waals surface area contributed by atoms with Crippen LogP contribution in [0.15, 0.2) is 97.1 Å². The highest BCUT2D eigenvalue weighted by Gasteiger charge is 2.34. The molecule has 0 radical (unpaired) electrons. The first-order valence-electron chi connectivity index (χ1n) is 17.9. The Morgan fingerprint density at radius 2 is 1.64 bits per heavy atom. The number of fused-ring (bicyclic) bond motifs is 1.